The van der Waals surface area contributed by atoms with Gasteiger partial charge in [-0.1, -0.05) is 12.1 Å². The second-order valence-corrected chi connectivity index (χ2v) is 6.70. The highest BCUT2D eigenvalue weighted by molar-refractivity contribution is 5.98. The van der Waals surface area contributed by atoms with E-state index in [1.807, 2.05) is 0 Å². The maximum absolute atomic E-state index is 13.9. The SMILES string of the molecule is COc1ccc(NC(=O)CNC(=O)CN(C(=O)c2ccccc2F)C2CC2)cc1. The summed E-state index contributed by atoms with van der Waals surface area (Å²) in [6.45, 7) is -0.467. The summed E-state index contributed by atoms with van der Waals surface area (Å²) in [5.41, 5.74) is 0.504. The van der Waals surface area contributed by atoms with Crippen LogP contribution in [0.1, 0.15) is 23.2 Å². The Labute approximate surface area is 167 Å². The number of ether oxygens (including phenoxy) is 1. The number of halogens is 1. The summed E-state index contributed by atoms with van der Waals surface area (Å²) in [5, 5.41) is 5.15. The Bertz CT molecular complexity index is 897. The standard InChI is InChI=1S/C21H22FN3O4/c1-29-16-10-6-14(7-11-16)24-19(26)12-23-20(27)13-25(15-8-9-15)21(28)17-4-2-3-5-18(17)22/h2-7,10-11,15H,8-9,12-13H2,1H3,(H,23,27)(H,24,26). The number of carbonyl (C=O) groups is 3. The Morgan fingerprint density at radius 2 is 1.76 bits per heavy atom. The Kier molecular flexibility index (Phi) is 6.43. The predicted octanol–water partition coefficient (Wildman–Crippen LogP) is 2.19. The molecule has 2 N–H and O–H groups in total. The number of anilines is 1. The second kappa shape index (κ2) is 9.18. The molecule has 0 bridgehead atoms. The van der Waals surface area contributed by atoms with Gasteiger partial charge >= 0.3 is 0 Å². The van der Waals surface area contributed by atoms with Gasteiger partial charge in [-0.2, -0.15) is 0 Å². The minimum atomic E-state index is -0.623. The van der Waals surface area contributed by atoms with Crippen LogP contribution in [0, 0.1) is 5.82 Å². The van der Waals surface area contributed by atoms with E-state index >= 15 is 0 Å². The van der Waals surface area contributed by atoms with Crippen molar-refractivity contribution in [3.63, 3.8) is 0 Å². The van der Waals surface area contributed by atoms with Crippen LogP contribution >= 0.6 is 0 Å². The Hall–Kier alpha value is -3.42. The van der Waals surface area contributed by atoms with Gasteiger partial charge in [-0.05, 0) is 49.2 Å². The van der Waals surface area contributed by atoms with Crippen LogP contribution < -0.4 is 15.4 Å². The molecule has 0 aliphatic heterocycles. The van der Waals surface area contributed by atoms with Crippen LogP contribution in [0.25, 0.3) is 0 Å². The third-order valence-electron chi connectivity index (χ3n) is 4.49. The third-order valence-corrected chi connectivity index (χ3v) is 4.49. The molecule has 2 aromatic rings. The lowest BCUT2D eigenvalue weighted by Gasteiger charge is -2.22. The quantitative estimate of drug-likeness (QED) is 0.712. The second-order valence-electron chi connectivity index (χ2n) is 6.70. The summed E-state index contributed by atoms with van der Waals surface area (Å²) in [4.78, 5) is 38.3. The highest BCUT2D eigenvalue weighted by Gasteiger charge is 2.35. The maximum atomic E-state index is 13.9. The third kappa shape index (κ3) is 5.54. The fourth-order valence-electron chi connectivity index (χ4n) is 2.81. The van der Waals surface area contributed by atoms with Crippen molar-refractivity contribution in [3.8, 4) is 5.75 Å². The number of hydrogen-bond acceptors (Lipinski definition) is 4. The number of amides is 3. The van der Waals surface area contributed by atoms with Gasteiger partial charge in [-0.25, -0.2) is 4.39 Å². The molecule has 1 fully saturated rings. The van der Waals surface area contributed by atoms with E-state index in [2.05, 4.69) is 10.6 Å². The molecule has 152 valence electrons. The average molecular weight is 399 g/mol. The van der Waals surface area contributed by atoms with Crippen molar-refractivity contribution in [1.29, 1.82) is 0 Å². The van der Waals surface area contributed by atoms with E-state index in [9.17, 15) is 18.8 Å². The summed E-state index contributed by atoms with van der Waals surface area (Å²) in [6.07, 6.45) is 1.54. The van der Waals surface area contributed by atoms with E-state index in [0.29, 0.717) is 11.4 Å². The lowest BCUT2D eigenvalue weighted by molar-refractivity contribution is -0.124. The Morgan fingerprint density at radius 3 is 2.38 bits per heavy atom. The number of nitrogens with one attached hydrogen (secondary N) is 2. The topological polar surface area (TPSA) is 87.7 Å². The molecule has 3 rings (SSSR count). The number of nitrogens with zero attached hydrogens (tertiary/aromatic N) is 1. The van der Waals surface area contributed by atoms with Gasteiger partial charge < -0.3 is 20.3 Å². The largest absolute Gasteiger partial charge is 0.497 e. The van der Waals surface area contributed by atoms with Crippen molar-refractivity contribution in [2.24, 2.45) is 0 Å². The zero-order valence-corrected chi connectivity index (χ0v) is 16.0. The molecule has 0 spiro atoms. The van der Waals surface area contributed by atoms with Gasteiger partial charge in [0.1, 0.15) is 18.1 Å². The van der Waals surface area contributed by atoms with Gasteiger partial charge in [-0.15, -0.1) is 0 Å². The molecule has 0 heterocycles. The van der Waals surface area contributed by atoms with Crippen molar-refractivity contribution in [2.75, 3.05) is 25.5 Å². The summed E-state index contributed by atoms with van der Waals surface area (Å²) in [6, 6.07) is 12.4. The van der Waals surface area contributed by atoms with E-state index in [-0.39, 0.29) is 24.7 Å². The van der Waals surface area contributed by atoms with Crippen LogP contribution in [-0.4, -0.2) is 48.9 Å². The van der Waals surface area contributed by atoms with Crippen LogP contribution in [0.3, 0.4) is 0 Å². The molecular formula is C21H22FN3O4. The molecule has 2 aromatic carbocycles. The van der Waals surface area contributed by atoms with Crippen molar-refractivity contribution in [3.05, 3.63) is 59.9 Å². The number of benzene rings is 2. The van der Waals surface area contributed by atoms with Gasteiger partial charge in [-0.3, -0.25) is 14.4 Å². The minimum Gasteiger partial charge on any atom is -0.497 e. The number of hydrogen-bond donors (Lipinski definition) is 2. The smallest absolute Gasteiger partial charge is 0.257 e. The van der Waals surface area contributed by atoms with E-state index in [1.165, 1.54) is 23.1 Å². The molecule has 0 aromatic heterocycles. The predicted molar refractivity (Wildman–Crippen MR) is 105 cm³/mol. The van der Waals surface area contributed by atoms with Crippen molar-refractivity contribution in [2.45, 2.75) is 18.9 Å². The molecule has 3 amide bonds. The molecule has 1 aliphatic carbocycles. The van der Waals surface area contributed by atoms with Crippen molar-refractivity contribution in [1.82, 2.24) is 10.2 Å². The van der Waals surface area contributed by atoms with Crippen LogP contribution in [0.15, 0.2) is 48.5 Å². The zero-order valence-electron chi connectivity index (χ0n) is 16.0. The van der Waals surface area contributed by atoms with Crippen LogP contribution in [0.5, 0.6) is 5.75 Å². The highest BCUT2D eigenvalue weighted by Crippen LogP contribution is 2.28. The highest BCUT2D eigenvalue weighted by atomic mass is 19.1. The minimum absolute atomic E-state index is 0.0653. The number of methoxy groups -OCH3 is 1. The maximum Gasteiger partial charge on any atom is 0.257 e. The summed E-state index contributed by atoms with van der Waals surface area (Å²) < 4.78 is 19.0. The van der Waals surface area contributed by atoms with E-state index < -0.39 is 23.5 Å². The molecule has 0 unspecified atom stereocenters. The van der Waals surface area contributed by atoms with Gasteiger partial charge in [0.2, 0.25) is 11.8 Å². The first-order chi connectivity index (χ1) is 14.0. The average Bonchev–Trinajstić information content (AvgIpc) is 3.56. The molecule has 29 heavy (non-hydrogen) atoms. The summed E-state index contributed by atoms with van der Waals surface area (Å²) in [7, 11) is 1.55. The molecule has 1 aliphatic rings. The lowest BCUT2D eigenvalue weighted by Crippen LogP contribution is -2.44. The molecule has 0 atom stereocenters. The van der Waals surface area contributed by atoms with Crippen LogP contribution in [0.4, 0.5) is 10.1 Å². The first-order valence-electron chi connectivity index (χ1n) is 9.24. The molecule has 8 heteroatoms. The monoisotopic (exact) mass is 399 g/mol. The summed E-state index contributed by atoms with van der Waals surface area (Å²) >= 11 is 0. The zero-order chi connectivity index (χ0) is 20.8. The lowest BCUT2D eigenvalue weighted by atomic mass is 10.2. The molecule has 0 radical (unpaired) electrons. The van der Waals surface area contributed by atoms with Gasteiger partial charge in [0.05, 0.1) is 19.2 Å². The molecule has 1 saturated carbocycles. The van der Waals surface area contributed by atoms with E-state index in [4.69, 9.17) is 4.74 Å². The fraction of sp³-hybridized carbons (Fsp3) is 0.286. The number of carbonyl (C=O) groups excluding carboxylic acids is 3. The van der Waals surface area contributed by atoms with Gasteiger partial charge in [0, 0.05) is 11.7 Å². The summed E-state index contributed by atoms with van der Waals surface area (Å²) in [5.74, 6) is -1.37. The van der Waals surface area contributed by atoms with E-state index in [1.54, 1.807) is 37.4 Å². The fourth-order valence-corrected chi connectivity index (χ4v) is 2.81. The van der Waals surface area contributed by atoms with Crippen LogP contribution in [0.2, 0.25) is 0 Å². The Morgan fingerprint density at radius 1 is 1.07 bits per heavy atom. The van der Waals surface area contributed by atoms with Crippen LogP contribution in [-0.2, 0) is 9.59 Å². The Balaban J connectivity index is 1.52. The molecule has 7 nitrogen and oxygen atoms in total. The molecule has 0 saturated heterocycles. The normalized spacial score (nSPS) is 12.8. The molecular weight excluding hydrogens is 377 g/mol. The van der Waals surface area contributed by atoms with Gasteiger partial charge in [0.15, 0.2) is 0 Å². The number of rotatable bonds is 8. The van der Waals surface area contributed by atoms with Crippen molar-refractivity contribution >= 4 is 23.4 Å². The first-order valence-corrected chi connectivity index (χ1v) is 9.24. The van der Waals surface area contributed by atoms with Crippen molar-refractivity contribution < 1.29 is 23.5 Å². The first kappa shape index (κ1) is 20.3. The van der Waals surface area contributed by atoms with E-state index in [0.717, 1.165) is 12.8 Å². The van der Waals surface area contributed by atoms with Gasteiger partial charge in [0.25, 0.3) is 5.91 Å².